The molecule has 152 valence electrons. The third-order valence-electron chi connectivity index (χ3n) is 5.56. The second kappa shape index (κ2) is 17.6. The molecule has 2 heteroatoms. The van der Waals surface area contributed by atoms with Gasteiger partial charge in [0.2, 0.25) is 0 Å². The summed E-state index contributed by atoms with van der Waals surface area (Å²) in [5, 5.41) is 0. The first kappa shape index (κ1) is 23.2. The Bertz CT molecular complexity index is 342. The van der Waals surface area contributed by atoms with Gasteiger partial charge in [-0.1, -0.05) is 96.5 Å². The van der Waals surface area contributed by atoms with Crippen LogP contribution in [0.4, 0.5) is 0 Å². The van der Waals surface area contributed by atoms with Crippen molar-refractivity contribution in [3.63, 3.8) is 0 Å². The van der Waals surface area contributed by atoms with Crippen LogP contribution in [0.15, 0.2) is 12.2 Å². The Morgan fingerprint density at radius 2 is 1.27 bits per heavy atom. The number of ether oxygens (including phenoxy) is 1. The number of carbonyl (C=O) groups excluding carboxylic acids is 1. The molecule has 0 N–H and O–H groups in total. The monoisotopic (exact) mass is 364 g/mol. The zero-order valence-electron chi connectivity index (χ0n) is 17.5. The van der Waals surface area contributed by atoms with Gasteiger partial charge in [-0.2, -0.15) is 0 Å². The SMILES string of the molecule is CCCCCCCCCCCCCCCC=CC(=O)OC1CCCCC1. The molecule has 0 radical (unpaired) electrons. The van der Waals surface area contributed by atoms with Crippen molar-refractivity contribution in [1.82, 2.24) is 0 Å². The molecule has 0 saturated heterocycles. The van der Waals surface area contributed by atoms with E-state index in [-0.39, 0.29) is 12.1 Å². The fraction of sp³-hybridized carbons (Fsp3) is 0.875. The summed E-state index contributed by atoms with van der Waals surface area (Å²) in [5.41, 5.74) is 0. The molecule has 0 aromatic carbocycles. The summed E-state index contributed by atoms with van der Waals surface area (Å²) in [7, 11) is 0. The highest BCUT2D eigenvalue weighted by Crippen LogP contribution is 2.20. The first-order valence-electron chi connectivity index (χ1n) is 11.7. The Kier molecular flexibility index (Phi) is 15.8. The molecule has 2 nitrogen and oxygen atoms in total. The minimum absolute atomic E-state index is 0.133. The van der Waals surface area contributed by atoms with Crippen molar-refractivity contribution in [2.45, 2.75) is 135 Å². The van der Waals surface area contributed by atoms with Gasteiger partial charge in [-0.05, 0) is 38.5 Å². The second-order valence-corrected chi connectivity index (χ2v) is 8.13. The standard InChI is InChI=1S/C24H44O2/c1-2-3-4-5-6-7-8-9-10-11-12-13-14-15-19-22-24(25)26-23-20-17-16-18-21-23/h19,22-23H,2-18,20-21H2,1H3. The number of allylic oxidation sites excluding steroid dienone is 1. The highest BCUT2D eigenvalue weighted by molar-refractivity contribution is 5.82. The van der Waals surface area contributed by atoms with Crippen molar-refractivity contribution in [3.05, 3.63) is 12.2 Å². The molecule has 0 atom stereocenters. The van der Waals surface area contributed by atoms with Crippen molar-refractivity contribution >= 4 is 5.97 Å². The van der Waals surface area contributed by atoms with E-state index in [2.05, 4.69) is 6.92 Å². The van der Waals surface area contributed by atoms with Gasteiger partial charge in [-0.15, -0.1) is 0 Å². The van der Waals surface area contributed by atoms with Gasteiger partial charge in [-0.3, -0.25) is 0 Å². The molecular weight excluding hydrogens is 320 g/mol. The molecule has 1 aliphatic rings. The highest BCUT2D eigenvalue weighted by atomic mass is 16.5. The summed E-state index contributed by atoms with van der Waals surface area (Å²) >= 11 is 0. The average molecular weight is 365 g/mol. The van der Waals surface area contributed by atoms with Gasteiger partial charge in [0.25, 0.3) is 0 Å². The van der Waals surface area contributed by atoms with E-state index in [1.165, 1.54) is 103 Å². The maximum atomic E-state index is 11.7. The van der Waals surface area contributed by atoms with Gasteiger partial charge in [0.1, 0.15) is 6.10 Å². The lowest BCUT2D eigenvalue weighted by Crippen LogP contribution is -2.19. The van der Waals surface area contributed by atoms with E-state index in [1.807, 2.05) is 6.08 Å². The van der Waals surface area contributed by atoms with Crippen molar-refractivity contribution in [2.75, 3.05) is 0 Å². The molecule has 0 bridgehead atoms. The van der Waals surface area contributed by atoms with Crippen molar-refractivity contribution in [2.24, 2.45) is 0 Å². The summed E-state index contributed by atoms with van der Waals surface area (Å²) in [6.07, 6.45) is 28.6. The molecule has 0 heterocycles. The van der Waals surface area contributed by atoms with Crippen LogP contribution in [0.5, 0.6) is 0 Å². The average Bonchev–Trinajstić information content (AvgIpc) is 2.65. The van der Waals surface area contributed by atoms with Gasteiger partial charge in [0.15, 0.2) is 0 Å². The van der Waals surface area contributed by atoms with Crippen LogP contribution in [-0.4, -0.2) is 12.1 Å². The molecule has 0 spiro atoms. The smallest absolute Gasteiger partial charge is 0.330 e. The number of hydrogen-bond acceptors (Lipinski definition) is 2. The van der Waals surface area contributed by atoms with Crippen molar-refractivity contribution < 1.29 is 9.53 Å². The topological polar surface area (TPSA) is 26.3 Å². The van der Waals surface area contributed by atoms with E-state index in [1.54, 1.807) is 6.08 Å². The molecule has 0 amide bonds. The van der Waals surface area contributed by atoms with E-state index >= 15 is 0 Å². The fourth-order valence-electron chi connectivity index (χ4n) is 3.85. The van der Waals surface area contributed by atoms with Crippen LogP contribution in [0, 0.1) is 0 Å². The maximum absolute atomic E-state index is 11.7. The quantitative estimate of drug-likeness (QED) is 0.158. The first-order chi connectivity index (χ1) is 12.8. The summed E-state index contributed by atoms with van der Waals surface area (Å²) in [4.78, 5) is 11.7. The molecule has 0 aromatic heterocycles. The zero-order valence-corrected chi connectivity index (χ0v) is 17.5. The van der Waals surface area contributed by atoms with Gasteiger partial charge in [0, 0.05) is 6.08 Å². The molecule has 1 rings (SSSR count). The van der Waals surface area contributed by atoms with Crippen LogP contribution in [0.25, 0.3) is 0 Å². The van der Waals surface area contributed by atoms with Crippen LogP contribution >= 0.6 is 0 Å². The number of hydrogen-bond donors (Lipinski definition) is 0. The van der Waals surface area contributed by atoms with Gasteiger partial charge in [0.05, 0.1) is 0 Å². The van der Waals surface area contributed by atoms with E-state index < -0.39 is 0 Å². The highest BCUT2D eigenvalue weighted by Gasteiger charge is 2.15. The lowest BCUT2D eigenvalue weighted by atomic mass is 9.98. The van der Waals surface area contributed by atoms with Crippen molar-refractivity contribution in [1.29, 1.82) is 0 Å². The van der Waals surface area contributed by atoms with E-state index in [4.69, 9.17) is 4.74 Å². The summed E-state index contributed by atoms with van der Waals surface area (Å²) in [5.74, 6) is -0.133. The molecule has 0 aliphatic heterocycles. The predicted octanol–water partition coefficient (Wildman–Crippen LogP) is 7.90. The summed E-state index contributed by atoms with van der Waals surface area (Å²) in [6.45, 7) is 2.28. The van der Waals surface area contributed by atoms with Crippen LogP contribution in [0.2, 0.25) is 0 Å². The third-order valence-corrected chi connectivity index (χ3v) is 5.56. The minimum Gasteiger partial charge on any atom is -0.459 e. The molecule has 1 saturated carbocycles. The first-order valence-corrected chi connectivity index (χ1v) is 11.7. The van der Waals surface area contributed by atoms with E-state index in [0.29, 0.717) is 0 Å². The zero-order chi connectivity index (χ0) is 18.7. The molecular formula is C24H44O2. The van der Waals surface area contributed by atoms with Crippen LogP contribution in [-0.2, 0) is 9.53 Å². The number of esters is 1. The number of carbonyl (C=O) groups is 1. The Hall–Kier alpha value is -0.790. The second-order valence-electron chi connectivity index (χ2n) is 8.13. The maximum Gasteiger partial charge on any atom is 0.330 e. The molecule has 1 aliphatic carbocycles. The fourth-order valence-corrected chi connectivity index (χ4v) is 3.85. The molecule has 0 unspecified atom stereocenters. The molecule has 1 fully saturated rings. The largest absolute Gasteiger partial charge is 0.459 e. The van der Waals surface area contributed by atoms with E-state index in [0.717, 1.165) is 19.3 Å². The predicted molar refractivity (Wildman–Crippen MR) is 112 cm³/mol. The Morgan fingerprint density at radius 1 is 0.769 bits per heavy atom. The number of rotatable bonds is 16. The van der Waals surface area contributed by atoms with E-state index in [9.17, 15) is 4.79 Å². The molecule has 26 heavy (non-hydrogen) atoms. The third kappa shape index (κ3) is 14.4. The normalized spacial score (nSPS) is 15.6. The minimum atomic E-state index is -0.133. The van der Waals surface area contributed by atoms with Gasteiger partial charge >= 0.3 is 5.97 Å². The van der Waals surface area contributed by atoms with Crippen molar-refractivity contribution in [3.8, 4) is 0 Å². The Morgan fingerprint density at radius 3 is 1.81 bits per heavy atom. The number of unbranched alkanes of at least 4 members (excludes halogenated alkanes) is 13. The van der Waals surface area contributed by atoms with Crippen LogP contribution in [0.1, 0.15) is 129 Å². The lowest BCUT2D eigenvalue weighted by Gasteiger charge is -2.20. The van der Waals surface area contributed by atoms with Crippen LogP contribution in [0.3, 0.4) is 0 Å². The van der Waals surface area contributed by atoms with Crippen LogP contribution < -0.4 is 0 Å². The summed E-state index contributed by atoms with van der Waals surface area (Å²) < 4.78 is 5.48. The Balaban J connectivity index is 1.79. The summed E-state index contributed by atoms with van der Waals surface area (Å²) in [6, 6.07) is 0. The van der Waals surface area contributed by atoms with Gasteiger partial charge in [-0.25, -0.2) is 4.79 Å². The lowest BCUT2D eigenvalue weighted by molar-refractivity contribution is -0.144. The van der Waals surface area contributed by atoms with Gasteiger partial charge < -0.3 is 4.74 Å². The Labute approximate surface area is 163 Å². The molecule has 0 aromatic rings.